The highest BCUT2D eigenvalue weighted by Gasteiger charge is 1.99. The Hall–Kier alpha value is -2.01. The molecule has 2 rings (SSSR count). The van der Waals surface area contributed by atoms with Gasteiger partial charge in [0.2, 0.25) is 5.91 Å². The number of nitrogens with one attached hydrogen (secondary N) is 1. The van der Waals surface area contributed by atoms with Gasteiger partial charge in [0.15, 0.2) is 0 Å². The summed E-state index contributed by atoms with van der Waals surface area (Å²) < 4.78 is 0. The van der Waals surface area contributed by atoms with Crippen molar-refractivity contribution in [3.8, 4) is 0 Å². The van der Waals surface area contributed by atoms with Crippen molar-refractivity contribution in [3.63, 3.8) is 0 Å². The van der Waals surface area contributed by atoms with Crippen molar-refractivity contribution in [2.45, 2.75) is 6.54 Å². The third-order valence-electron chi connectivity index (χ3n) is 2.10. The second kappa shape index (κ2) is 4.67. The van der Waals surface area contributed by atoms with E-state index in [0.29, 0.717) is 6.54 Å². The lowest BCUT2D eigenvalue weighted by Gasteiger charge is -2.02. The molecular weight excluding hydrogens is 204 g/mol. The molecule has 3 N–H and O–H groups in total. The van der Waals surface area contributed by atoms with Gasteiger partial charge in [0.05, 0.1) is 29.5 Å². The largest absolute Gasteiger partial charge is 0.369 e. The molecule has 1 aromatic carbocycles. The van der Waals surface area contributed by atoms with Gasteiger partial charge in [0.1, 0.15) is 0 Å². The lowest BCUT2D eigenvalue weighted by molar-refractivity contribution is -0.117. The number of aromatic nitrogens is 2. The summed E-state index contributed by atoms with van der Waals surface area (Å²) in [6, 6.07) is 7.64. The third-order valence-corrected chi connectivity index (χ3v) is 2.10. The highest BCUT2D eigenvalue weighted by atomic mass is 16.1. The van der Waals surface area contributed by atoms with Crippen molar-refractivity contribution < 1.29 is 4.79 Å². The molecule has 0 fully saturated rings. The Morgan fingerprint density at radius 1 is 1.31 bits per heavy atom. The van der Waals surface area contributed by atoms with Crippen LogP contribution in [0.15, 0.2) is 30.5 Å². The predicted octanol–water partition coefficient (Wildman–Crippen LogP) is 0.205. The summed E-state index contributed by atoms with van der Waals surface area (Å²) in [5.74, 6) is -0.381. The fourth-order valence-electron chi connectivity index (χ4n) is 1.39. The first kappa shape index (κ1) is 10.5. The maximum Gasteiger partial charge on any atom is 0.231 e. The number of nitrogens with two attached hydrogens (primary N) is 1. The van der Waals surface area contributed by atoms with Crippen molar-refractivity contribution in [1.29, 1.82) is 0 Å². The Balaban J connectivity index is 2.10. The van der Waals surface area contributed by atoms with Gasteiger partial charge >= 0.3 is 0 Å². The van der Waals surface area contributed by atoms with Crippen molar-refractivity contribution in [3.05, 3.63) is 36.2 Å². The first-order chi connectivity index (χ1) is 7.75. The molecule has 0 saturated carbocycles. The van der Waals surface area contributed by atoms with E-state index in [0.717, 1.165) is 16.7 Å². The van der Waals surface area contributed by atoms with Crippen LogP contribution in [0.5, 0.6) is 0 Å². The van der Waals surface area contributed by atoms with Crippen LogP contribution in [0.2, 0.25) is 0 Å². The number of nitrogens with zero attached hydrogens (tertiary/aromatic N) is 2. The molecular formula is C11H12N4O. The summed E-state index contributed by atoms with van der Waals surface area (Å²) in [7, 11) is 0. The number of hydrogen-bond donors (Lipinski definition) is 2. The molecule has 0 atom stereocenters. The zero-order valence-corrected chi connectivity index (χ0v) is 8.68. The molecule has 0 aliphatic heterocycles. The SMILES string of the molecule is NC(=O)CNCc1cnc2ccccc2n1. The van der Waals surface area contributed by atoms with E-state index in [1.807, 2.05) is 24.3 Å². The predicted molar refractivity (Wildman–Crippen MR) is 60.4 cm³/mol. The Labute approximate surface area is 92.7 Å². The van der Waals surface area contributed by atoms with Crippen LogP contribution < -0.4 is 11.1 Å². The standard InChI is InChI=1S/C11H12N4O/c12-11(16)7-13-5-8-6-14-9-3-1-2-4-10(9)15-8/h1-4,6,13H,5,7H2,(H2,12,16). The van der Waals surface area contributed by atoms with Gasteiger partial charge in [-0.15, -0.1) is 0 Å². The van der Waals surface area contributed by atoms with Gasteiger partial charge in [0, 0.05) is 6.54 Å². The first-order valence-electron chi connectivity index (χ1n) is 4.95. The van der Waals surface area contributed by atoms with E-state index in [-0.39, 0.29) is 12.5 Å². The average Bonchev–Trinajstić information content (AvgIpc) is 2.28. The summed E-state index contributed by atoms with van der Waals surface area (Å²) >= 11 is 0. The summed E-state index contributed by atoms with van der Waals surface area (Å²) in [6.45, 7) is 0.634. The topological polar surface area (TPSA) is 80.9 Å². The molecule has 0 saturated heterocycles. The van der Waals surface area contributed by atoms with Gasteiger partial charge in [0.25, 0.3) is 0 Å². The number of hydrogen-bond acceptors (Lipinski definition) is 4. The van der Waals surface area contributed by atoms with Crippen molar-refractivity contribution in [1.82, 2.24) is 15.3 Å². The van der Waals surface area contributed by atoms with E-state index in [4.69, 9.17) is 5.73 Å². The zero-order chi connectivity index (χ0) is 11.4. The molecule has 0 bridgehead atoms. The number of rotatable bonds is 4. The molecule has 0 aliphatic carbocycles. The first-order valence-corrected chi connectivity index (χ1v) is 4.95. The lowest BCUT2D eigenvalue weighted by atomic mass is 10.3. The molecule has 0 spiro atoms. The molecule has 1 amide bonds. The van der Waals surface area contributed by atoms with Gasteiger partial charge in [-0.25, -0.2) is 4.98 Å². The van der Waals surface area contributed by atoms with Crippen molar-refractivity contribution in [2.24, 2.45) is 5.73 Å². The Bertz CT molecular complexity index is 512. The van der Waals surface area contributed by atoms with Crippen LogP contribution in [0.25, 0.3) is 11.0 Å². The molecule has 1 heterocycles. The van der Waals surface area contributed by atoms with Crippen LogP contribution >= 0.6 is 0 Å². The van der Waals surface area contributed by atoms with E-state index in [1.165, 1.54) is 0 Å². The molecule has 0 aliphatic rings. The Morgan fingerprint density at radius 2 is 2.06 bits per heavy atom. The number of benzene rings is 1. The number of para-hydroxylation sites is 2. The van der Waals surface area contributed by atoms with Gasteiger partial charge in [-0.2, -0.15) is 0 Å². The van der Waals surface area contributed by atoms with Crippen LogP contribution in [-0.4, -0.2) is 22.4 Å². The maximum atomic E-state index is 10.5. The van der Waals surface area contributed by atoms with Crippen LogP contribution in [0.4, 0.5) is 0 Å². The quantitative estimate of drug-likeness (QED) is 0.765. The average molecular weight is 216 g/mol. The zero-order valence-electron chi connectivity index (χ0n) is 8.68. The van der Waals surface area contributed by atoms with E-state index < -0.39 is 0 Å². The maximum absolute atomic E-state index is 10.5. The monoisotopic (exact) mass is 216 g/mol. The fourth-order valence-corrected chi connectivity index (χ4v) is 1.39. The summed E-state index contributed by atoms with van der Waals surface area (Å²) in [5.41, 5.74) is 7.51. The van der Waals surface area contributed by atoms with Gasteiger partial charge in [-0.3, -0.25) is 9.78 Å². The minimum Gasteiger partial charge on any atom is -0.369 e. The minimum absolute atomic E-state index is 0.147. The van der Waals surface area contributed by atoms with Crippen LogP contribution in [0.3, 0.4) is 0 Å². The van der Waals surface area contributed by atoms with E-state index in [2.05, 4.69) is 15.3 Å². The van der Waals surface area contributed by atoms with Crippen LogP contribution in [-0.2, 0) is 11.3 Å². The number of carbonyl (C=O) groups excluding carboxylic acids is 1. The minimum atomic E-state index is -0.381. The molecule has 82 valence electrons. The molecule has 0 radical (unpaired) electrons. The fraction of sp³-hybridized carbons (Fsp3) is 0.182. The highest BCUT2D eigenvalue weighted by Crippen LogP contribution is 2.07. The van der Waals surface area contributed by atoms with E-state index >= 15 is 0 Å². The summed E-state index contributed by atoms with van der Waals surface area (Å²) in [5, 5.41) is 2.89. The number of fused-ring (bicyclic) bond motifs is 1. The van der Waals surface area contributed by atoms with Crippen molar-refractivity contribution >= 4 is 16.9 Å². The molecule has 16 heavy (non-hydrogen) atoms. The van der Waals surface area contributed by atoms with Crippen molar-refractivity contribution in [2.75, 3.05) is 6.54 Å². The molecule has 2 aromatic rings. The highest BCUT2D eigenvalue weighted by molar-refractivity contribution is 5.76. The number of primary amides is 1. The Kier molecular flexibility index (Phi) is 3.07. The van der Waals surface area contributed by atoms with Gasteiger partial charge in [-0.1, -0.05) is 12.1 Å². The van der Waals surface area contributed by atoms with Gasteiger partial charge < -0.3 is 11.1 Å². The molecule has 5 nitrogen and oxygen atoms in total. The normalized spacial score (nSPS) is 10.5. The second-order valence-corrected chi connectivity index (χ2v) is 3.42. The van der Waals surface area contributed by atoms with Crippen LogP contribution in [0.1, 0.15) is 5.69 Å². The number of carbonyl (C=O) groups is 1. The third kappa shape index (κ3) is 2.52. The van der Waals surface area contributed by atoms with E-state index in [1.54, 1.807) is 6.20 Å². The lowest BCUT2D eigenvalue weighted by Crippen LogP contribution is -2.28. The van der Waals surface area contributed by atoms with Gasteiger partial charge in [-0.05, 0) is 12.1 Å². The van der Waals surface area contributed by atoms with E-state index in [9.17, 15) is 4.79 Å². The molecule has 5 heteroatoms. The Morgan fingerprint density at radius 3 is 2.81 bits per heavy atom. The second-order valence-electron chi connectivity index (χ2n) is 3.42. The summed E-state index contributed by atoms with van der Waals surface area (Å²) in [6.07, 6.45) is 1.69. The summed E-state index contributed by atoms with van der Waals surface area (Å²) in [4.78, 5) is 19.2. The molecule has 0 unspecified atom stereocenters. The smallest absolute Gasteiger partial charge is 0.231 e. The van der Waals surface area contributed by atoms with Crippen LogP contribution in [0, 0.1) is 0 Å². The number of amides is 1. The molecule has 1 aromatic heterocycles.